The third-order valence-corrected chi connectivity index (χ3v) is 6.33. The molecule has 0 aliphatic carbocycles. The van der Waals surface area contributed by atoms with Gasteiger partial charge in [-0.2, -0.15) is 5.10 Å². The summed E-state index contributed by atoms with van der Waals surface area (Å²) in [6, 6.07) is 17.8. The van der Waals surface area contributed by atoms with Crippen molar-refractivity contribution >= 4 is 11.1 Å². The van der Waals surface area contributed by atoms with Crippen LogP contribution in [-0.4, -0.2) is 41.7 Å². The molecule has 1 saturated heterocycles. The van der Waals surface area contributed by atoms with E-state index < -0.39 is 11.1 Å². The van der Waals surface area contributed by atoms with Crippen molar-refractivity contribution < 1.29 is 13.5 Å². The minimum absolute atomic E-state index is 0.116. The molecular formula is C25H24N4O3S. The van der Waals surface area contributed by atoms with Crippen LogP contribution in [0.1, 0.15) is 23.7 Å². The largest absolute Gasteiger partial charge is 0.379 e. The quantitative estimate of drug-likeness (QED) is 0.421. The van der Waals surface area contributed by atoms with E-state index in [4.69, 9.17) is 19.4 Å². The summed E-state index contributed by atoms with van der Waals surface area (Å²) < 4.78 is 27.8. The lowest BCUT2D eigenvalue weighted by Gasteiger charge is -2.07. The molecule has 3 aromatic heterocycles. The van der Waals surface area contributed by atoms with Crippen molar-refractivity contribution in [2.24, 2.45) is 0 Å². The van der Waals surface area contributed by atoms with Crippen molar-refractivity contribution in [3.05, 3.63) is 78.2 Å². The molecule has 1 aliphatic rings. The minimum atomic E-state index is -1.86. The highest BCUT2D eigenvalue weighted by molar-refractivity contribution is 7.78. The van der Waals surface area contributed by atoms with Crippen LogP contribution in [-0.2, 0) is 21.6 Å². The molecule has 4 heterocycles. The first-order valence-electron chi connectivity index (χ1n) is 10.8. The van der Waals surface area contributed by atoms with Crippen LogP contribution in [0.5, 0.6) is 0 Å². The van der Waals surface area contributed by atoms with Gasteiger partial charge in [0.2, 0.25) is 0 Å². The number of pyridine rings is 2. The van der Waals surface area contributed by atoms with Crippen molar-refractivity contribution in [2.45, 2.75) is 25.1 Å². The van der Waals surface area contributed by atoms with E-state index in [-0.39, 0.29) is 11.8 Å². The molecule has 4 aromatic rings. The van der Waals surface area contributed by atoms with Crippen molar-refractivity contribution in [3.63, 3.8) is 0 Å². The molecule has 33 heavy (non-hydrogen) atoms. The number of aryl methyl sites for hydroxylation is 1. The SMILES string of the molecule is Cc1cccc(-c2nn([C@H]3CCOC3)cc2-c2ccnc(-c3ccc(CS(=O)O)cc3)c2)n1. The summed E-state index contributed by atoms with van der Waals surface area (Å²) in [5, 5.41) is 4.92. The van der Waals surface area contributed by atoms with Crippen LogP contribution < -0.4 is 0 Å². The molecule has 168 valence electrons. The van der Waals surface area contributed by atoms with Crippen LogP contribution in [0, 0.1) is 6.92 Å². The fraction of sp³-hybridized carbons (Fsp3) is 0.240. The summed E-state index contributed by atoms with van der Waals surface area (Å²) in [4.78, 5) is 9.27. The second-order valence-electron chi connectivity index (χ2n) is 8.15. The number of aromatic nitrogens is 4. The Balaban J connectivity index is 1.55. The minimum Gasteiger partial charge on any atom is -0.379 e. The monoisotopic (exact) mass is 460 g/mol. The van der Waals surface area contributed by atoms with Gasteiger partial charge in [0.15, 0.2) is 11.1 Å². The number of hydrogen-bond donors (Lipinski definition) is 1. The maximum absolute atomic E-state index is 11.1. The number of ether oxygens (including phenoxy) is 1. The lowest BCUT2D eigenvalue weighted by atomic mass is 10.0. The van der Waals surface area contributed by atoms with Crippen molar-refractivity contribution in [2.75, 3.05) is 13.2 Å². The van der Waals surface area contributed by atoms with Crippen molar-refractivity contribution in [1.82, 2.24) is 19.7 Å². The zero-order valence-electron chi connectivity index (χ0n) is 18.2. The number of rotatable bonds is 6. The van der Waals surface area contributed by atoms with Gasteiger partial charge >= 0.3 is 0 Å². The molecule has 0 bridgehead atoms. The topological polar surface area (TPSA) is 90.1 Å². The fourth-order valence-corrected chi connectivity index (χ4v) is 4.53. The van der Waals surface area contributed by atoms with Crippen LogP contribution in [0.3, 0.4) is 0 Å². The first-order chi connectivity index (χ1) is 16.1. The van der Waals surface area contributed by atoms with E-state index in [2.05, 4.69) is 11.2 Å². The van der Waals surface area contributed by atoms with Crippen LogP contribution in [0.4, 0.5) is 0 Å². The van der Waals surface area contributed by atoms with Gasteiger partial charge in [0, 0.05) is 35.8 Å². The molecule has 1 N–H and O–H groups in total. The Bertz CT molecular complexity index is 1300. The summed E-state index contributed by atoms with van der Waals surface area (Å²) in [5.74, 6) is 0.116. The van der Waals surface area contributed by atoms with E-state index in [0.29, 0.717) is 6.61 Å². The summed E-state index contributed by atoms with van der Waals surface area (Å²) >= 11 is -1.86. The van der Waals surface area contributed by atoms with E-state index in [0.717, 1.165) is 58.1 Å². The highest BCUT2D eigenvalue weighted by atomic mass is 32.2. The Hall–Kier alpha value is -3.20. The third-order valence-electron chi connectivity index (χ3n) is 5.75. The van der Waals surface area contributed by atoms with Gasteiger partial charge in [-0.1, -0.05) is 30.3 Å². The molecule has 7 nitrogen and oxygen atoms in total. The normalized spacial score (nSPS) is 16.7. The van der Waals surface area contributed by atoms with Crippen LogP contribution in [0.2, 0.25) is 0 Å². The van der Waals surface area contributed by atoms with Gasteiger partial charge in [-0.05, 0) is 48.7 Å². The molecule has 8 heteroatoms. The molecule has 0 spiro atoms. The Morgan fingerprint density at radius 3 is 2.70 bits per heavy atom. The van der Waals surface area contributed by atoms with Gasteiger partial charge in [0.05, 0.1) is 29.8 Å². The molecule has 1 fully saturated rings. The van der Waals surface area contributed by atoms with E-state index in [1.165, 1.54) is 0 Å². The predicted octanol–water partition coefficient (Wildman–Crippen LogP) is 4.67. The summed E-state index contributed by atoms with van der Waals surface area (Å²) in [6.07, 6.45) is 4.82. The van der Waals surface area contributed by atoms with Crippen molar-refractivity contribution in [1.29, 1.82) is 0 Å². The van der Waals surface area contributed by atoms with E-state index in [1.54, 1.807) is 6.20 Å². The van der Waals surface area contributed by atoms with Gasteiger partial charge in [-0.3, -0.25) is 14.6 Å². The fourth-order valence-electron chi connectivity index (χ4n) is 4.06. The van der Waals surface area contributed by atoms with Crippen molar-refractivity contribution in [3.8, 4) is 33.8 Å². The van der Waals surface area contributed by atoms with Gasteiger partial charge in [0.25, 0.3) is 0 Å². The Morgan fingerprint density at radius 1 is 1.12 bits per heavy atom. The highest BCUT2D eigenvalue weighted by Gasteiger charge is 2.22. The van der Waals surface area contributed by atoms with Crippen LogP contribution >= 0.6 is 0 Å². The van der Waals surface area contributed by atoms with E-state index in [9.17, 15) is 4.21 Å². The second kappa shape index (κ2) is 9.35. The van der Waals surface area contributed by atoms with Gasteiger partial charge in [-0.25, -0.2) is 4.21 Å². The molecule has 1 aliphatic heterocycles. The maximum Gasteiger partial charge on any atom is 0.157 e. The average Bonchev–Trinajstić information content (AvgIpc) is 3.50. The lowest BCUT2D eigenvalue weighted by molar-refractivity contribution is 0.184. The standard InChI is InChI=1S/C25H24N4O3S/c1-17-3-2-4-23(27-17)25-22(14-29(28-25)21-10-12-32-15-21)20-9-11-26-24(13-20)19-7-5-18(6-8-19)16-33(30)31/h2-9,11,13-14,21H,10,12,15-16H2,1H3,(H,30,31)/t21-/m0/s1. The second-order valence-corrected chi connectivity index (χ2v) is 9.08. The van der Waals surface area contributed by atoms with Crippen LogP contribution in [0.25, 0.3) is 33.8 Å². The molecule has 0 saturated carbocycles. The lowest BCUT2D eigenvalue weighted by Crippen LogP contribution is -2.09. The number of hydrogen-bond acceptors (Lipinski definition) is 5. The molecule has 1 unspecified atom stereocenters. The molecule has 0 radical (unpaired) electrons. The molecule has 1 aromatic carbocycles. The highest BCUT2D eigenvalue weighted by Crippen LogP contribution is 2.34. The summed E-state index contributed by atoms with van der Waals surface area (Å²) in [6.45, 7) is 3.39. The molecular weight excluding hydrogens is 436 g/mol. The molecule has 2 atom stereocenters. The summed E-state index contributed by atoms with van der Waals surface area (Å²) in [7, 11) is 0. The van der Waals surface area contributed by atoms with Gasteiger partial charge in [0.1, 0.15) is 5.69 Å². The van der Waals surface area contributed by atoms with E-state index in [1.807, 2.05) is 66.2 Å². The first-order valence-corrected chi connectivity index (χ1v) is 12.1. The molecule has 5 rings (SSSR count). The predicted molar refractivity (Wildman–Crippen MR) is 128 cm³/mol. The molecule has 0 amide bonds. The Labute approximate surface area is 194 Å². The average molecular weight is 461 g/mol. The Kier molecular flexibility index (Phi) is 6.13. The van der Waals surface area contributed by atoms with Gasteiger partial charge in [-0.15, -0.1) is 0 Å². The van der Waals surface area contributed by atoms with E-state index >= 15 is 0 Å². The van der Waals surface area contributed by atoms with Crippen LogP contribution in [0.15, 0.2) is 67.0 Å². The Morgan fingerprint density at radius 2 is 1.97 bits per heavy atom. The number of nitrogens with zero attached hydrogens (tertiary/aromatic N) is 4. The number of benzene rings is 1. The first kappa shape index (κ1) is 21.6. The third kappa shape index (κ3) is 4.78. The summed E-state index contributed by atoms with van der Waals surface area (Å²) in [5.41, 5.74) is 7.19. The maximum atomic E-state index is 11.1. The zero-order chi connectivity index (χ0) is 22.8. The zero-order valence-corrected chi connectivity index (χ0v) is 19.0. The smallest absolute Gasteiger partial charge is 0.157 e. The van der Waals surface area contributed by atoms with Gasteiger partial charge < -0.3 is 9.29 Å².